The maximum atomic E-state index is 13.0. The highest BCUT2D eigenvalue weighted by molar-refractivity contribution is 7.13. The summed E-state index contributed by atoms with van der Waals surface area (Å²) in [5.41, 5.74) is -0.244. The summed E-state index contributed by atoms with van der Waals surface area (Å²) in [6.45, 7) is 3.92. The van der Waals surface area contributed by atoms with Gasteiger partial charge in [-0.25, -0.2) is 0 Å². The van der Waals surface area contributed by atoms with Crippen molar-refractivity contribution in [2.75, 3.05) is 26.9 Å². The van der Waals surface area contributed by atoms with E-state index in [4.69, 9.17) is 9.47 Å². The quantitative estimate of drug-likeness (QED) is 0.612. The number of aromatic nitrogens is 1. The Labute approximate surface area is 182 Å². The average Bonchev–Trinajstić information content (AvgIpc) is 3.45. The topological polar surface area (TPSA) is 93.3 Å². The maximum Gasteiger partial charge on any atom is 0.269 e. The predicted octanol–water partition coefficient (Wildman–Crippen LogP) is 1.11. The smallest absolute Gasteiger partial charge is 0.269 e. The van der Waals surface area contributed by atoms with E-state index in [-0.39, 0.29) is 17.2 Å². The van der Waals surface area contributed by atoms with Gasteiger partial charge < -0.3 is 14.8 Å². The van der Waals surface area contributed by atoms with Gasteiger partial charge in [0.2, 0.25) is 0 Å². The van der Waals surface area contributed by atoms with Gasteiger partial charge in [0, 0.05) is 43.2 Å². The van der Waals surface area contributed by atoms with Crippen LogP contribution in [0.25, 0.3) is 11.6 Å². The number of ether oxygens (including phenoxy) is 2. The lowest BCUT2D eigenvalue weighted by Gasteiger charge is -2.10. The molecule has 1 atom stereocenters. The highest BCUT2D eigenvalue weighted by Crippen LogP contribution is 2.15. The number of nitrogens with zero attached hydrogens (tertiary/aromatic N) is 2. The maximum absolute atomic E-state index is 13.0. The van der Waals surface area contributed by atoms with Crippen molar-refractivity contribution in [3.05, 3.63) is 41.4 Å². The first-order chi connectivity index (χ1) is 14.5. The zero-order valence-corrected chi connectivity index (χ0v) is 18.7. The van der Waals surface area contributed by atoms with E-state index in [1.807, 2.05) is 31.2 Å². The number of aryl methyl sites for hydroxylation is 1. The monoisotopic (exact) mass is 447 g/mol. The van der Waals surface area contributed by atoms with Gasteiger partial charge in [0.25, 0.3) is 11.5 Å². The molecule has 2 aromatic heterocycles. The van der Waals surface area contributed by atoms with Crippen LogP contribution in [0.15, 0.2) is 16.9 Å². The molecular weight excluding hydrogens is 422 g/mol. The summed E-state index contributed by atoms with van der Waals surface area (Å²) in [6, 6.07) is 5.95. The predicted molar refractivity (Wildman–Crippen MR) is 118 cm³/mol. The van der Waals surface area contributed by atoms with Crippen molar-refractivity contribution in [1.29, 1.82) is 5.26 Å². The van der Waals surface area contributed by atoms with Crippen molar-refractivity contribution < 1.29 is 14.3 Å². The molecule has 0 aromatic carbocycles. The summed E-state index contributed by atoms with van der Waals surface area (Å²) in [5, 5.41) is 12.5. The van der Waals surface area contributed by atoms with Crippen molar-refractivity contribution in [1.82, 2.24) is 9.88 Å². The van der Waals surface area contributed by atoms with Gasteiger partial charge in [0.15, 0.2) is 5.57 Å². The van der Waals surface area contributed by atoms with Gasteiger partial charge >= 0.3 is 0 Å². The largest absolute Gasteiger partial charge is 0.385 e. The lowest BCUT2D eigenvalue weighted by Crippen LogP contribution is -2.37. The molecule has 3 heterocycles. The molecule has 160 valence electrons. The molecule has 0 aliphatic carbocycles. The fraction of sp³-hybridized carbons (Fsp3) is 0.476. The van der Waals surface area contributed by atoms with Gasteiger partial charge in [-0.05, 0) is 44.4 Å². The lowest BCUT2D eigenvalue weighted by atomic mass is 10.2. The molecule has 7 nitrogen and oxygen atoms in total. The Morgan fingerprint density at radius 3 is 2.93 bits per heavy atom. The third-order valence-corrected chi connectivity index (χ3v) is 6.82. The summed E-state index contributed by atoms with van der Waals surface area (Å²) in [4.78, 5) is 27.9. The molecule has 1 saturated heterocycles. The fourth-order valence-electron chi connectivity index (χ4n) is 3.23. The molecule has 0 saturated carbocycles. The molecule has 9 heteroatoms. The third-order valence-electron chi connectivity index (χ3n) is 4.74. The van der Waals surface area contributed by atoms with Crippen molar-refractivity contribution in [2.24, 2.45) is 0 Å². The van der Waals surface area contributed by atoms with Crippen molar-refractivity contribution in [3.8, 4) is 6.07 Å². The molecule has 1 fully saturated rings. The number of nitriles is 1. The molecule has 2 aromatic rings. The summed E-state index contributed by atoms with van der Waals surface area (Å²) in [7, 11) is 1.60. The number of amides is 1. The molecule has 3 rings (SSSR count). The van der Waals surface area contributed by atoms with Crippen LogP contribution in [0.5, 0.6) is 0 Å². The number of carbonyl (C=O) groups is 1. The number of carbonyl (C=O) groups excluding carboxylic acids is 1. The number of hydrogen-bond acceptors (Lipinski definition) is 7. The Kier molecular flexibility index (Phi) is 7.99. The van der Waals surface area contributed by atoms with Gasteiger partial charge in [-0.1, -0.05) is 0 Å². The number of methoxy groups -OCH3 is 1. The first-order valence-electron chi connectivity index (χ1n) is 9.84. The van der Waals surface area contributed by atoms with E-state index in [9.17, 15) is 14.9 Å². The van der Waals surface area contributed by atoms with Gasteiger partial charge in [-0.3, -0.25) is 14.2 Å². The molecule has 0 bridgehead atoms. The number of thiazole rings is 1. The van der Waals surface area contributed by atoms with E-state index in [0.29, 0.717) is 41.9 Å². The highest BCUT2D eigenvalue weighted by atomic mass is 32.1. The molecular formula is C21H25N3O4S2. The third kappa shape index (κ3) is 5.46. The standard InChI is InChI=1S/C21H25N3O4S2/c1-14-6-7-16(29-14)11-18-20(26)24(8-4-9-27-2)21(30-18)17(12-22)19(25)23-13-15-5-3-10-28-15/h6-7,11,15H,3-5,8-10,13H2,1-2H3,(H,23,25). The Balaban J connectivity index is 2.01. The Bertz CT molecular complexity index is 1100. The molecule has 1 aliphatic rings. The molecule has 1 unspecified atom stereocenters. The Hall–Kier alpha value is -2.25. The second-order valence-corrected chi connectivity index (χ2v) is 9.35. The molecule has 1 aliphatic heterocycles. The molecule has 0 radical (unpaired) electrons. The second-order valence-electron chi connectivity index (χ2n) is 7.00. The van der Waals surface area contributed by atoms with Crippen molar-refractivity contribution in [2.45, 2.75) is 38.8 Å². The number of rotatable bonds is 8. The minimum atomic E-state index is -0.478. The summed E-state index contributed by atoms with van der Waals surface area (Å²) in [5.74, 6) is -0.478. The first kappa shape index (κ1) is 22.4. The lowest BCUT2D eigenvalue weighted by molar-refractivity contribution is -0.116. The van der Waals surface area contributed by atoms with Crippen LogP contribution in [-0.4, -0.2) is 43.4 Å². The number of thiophene rings is 1. The van der Waals surface area contributed by atoms with Gasteiger partial charge in [-0.15, -0.1) is 22.7 Å². The molecule has 30 heavy (non-hydrogen) atoms. The number of hydrogen-bond donors (Lipinski definition) is 1. The molecule has 0 spiro atoms. The van der Waals surface area contributed by atoms with Crippen LogP contribution >= 0.6 is 22.7 Å². The zero-order valence-electron chi connectivity index (χ0n) is 17.1. The minimum absolute atomic E-state index is 0.0212. The highest BCUT2D eigenvalue weighted by Gasteiger charge is 2.20. The van der Waals surface area contributed by atoms with Crippen LogP contribution in [0.4, 0.5) is 0 Å². The van der Waals surface area contributed by atoms with Crippen LogP contribution < -0.4 is 20.1 Å². The van der Waals surface area contributed by atoms with E-state index in [0.717, 1.165) is 22.6 Å². The Morgan fingerprint density at radius 1 is 1.47 bits per heavy atom. The fourth-order valence-corrected chi connectivity index (χ4v) is 5.24. The Morgan fingerprint density at radius 2 is 2.30 bits per heavy atom. The molecule has 1 amide bonds. The van der Waals surface area contributed by atoms with Gasteiger partial charge in [-0.2, -0.15) is 5.26 Å². The normalized spacial score (nSPS) is 17.8. The van der Waals surface area contributed by atoms with Gasteiger partial charge in [0.05, 0.1) is 10.6 Å². The van der Waals surface area contributed by atoms with Crippen LogP contribution in [0.1, 0.15) is 29.0 Å². The van der Waals surface area contributed by atoms with Gasteiger partial charge in [0.1, 0.15) is 10.7 Å². The summed E-state index contributed by atoms with van der Waals surface area (Å²) >= 11 is 2.77. The second kappa shape index (κ2) is 10.7. The van der Waals surface area contributed by atoms with Crippen LogP contribution in [0.2, 0.25) is 0 Å². The summed E-state index contributed by atoms with van der Waals surface area (Å²) < 4.78 is 13.0. The number of nitrogens with one attached hydrogen (secondary N) is 1. The van der Waals surface area contributed by atoms with Crippen LogP contribution in [0.3, 0.4) is 0 Å². The first-order valence-corrected chi connectivity index (χ1v) is 11.5. The SMILES string of the molecule is COCCCn1c(=C(C#N)C(=O)NCC2CCCO2)sc(=Cc2ccc(C)s2)c1=O. The minimum Gasteiger partial charge on any atom is -0.385 e. The van der Waals surface area contributed by atoms with E-state index >= 15 is 0 Å². The van der Waals surface area contributed by atoms with Crippen LogP contribution in [0, 0.1) is 18.3 Å². The van der Waals surface area contributed by atoms with Crippen molar-refractivity contribution in [3.63, 3.8) is 0 Å². The van der Waals surface area contributed by atoms with E-state index in [1.165, 1.54) is 15.9 Å². The zero-order chi connectivity index (χ0) is 21.5. The average molecular weight is 448 g/mol. The summed E-state index contributed by atoms with van der Waals surface area (Å²) in [6.07, 6.45) is 4.27. The van der Waals surface area contributed by atoms with Crippen molar-refractivity contribution >= 4 is 40.2 Å². The van der Waals surface area contributed by atoms with Crippen LogP contribution in [-0.2, 0) is 20.8 Å². The van der Waals surface area contributed by atoms with E-state index in [2.05, 4.69) is 5.32 Å². The van der Waals surface area contributed by atoms with E-state index in [1.54, 1.807) is 18.4 Å². The van der Waals surface area contributed by atoms with E-state index < -0.39 is 5.91 Å². The molecule has 1 N–H and O–H groups in total.